The van der Waals surface area contributed by atoms with Crippen molar-refractivity contribution in [1.82, 2.24) is 4.90 Å². The Morgan fingerprint density at radius 1 is 1.00 bits per heavy atom. The fourth-order valence-corrected chi connectivity index (χ4v) is 2.52. The Balaban J connectivity index is 2.07. The van der Waals surface area contributed by atoms with Crippen LogP contribution in [0, 0.1) is 0 Å². The summed E-state index contributed by atoms with van der Waals surface area (Å²) in [6, 6.07) is 17.3. The maximum Gasteiger partial charge on any atom is 0.227 e. The van der Waals surface area contributed by atoms with Crippen LogP contribution in [0.25, 0.3) is 0 Å². The van der Waals surface area contributed by atoms with E-state index in [2.05, 4.69) is 0 Å². The summed E-state index contributed by atoms with van der Waals surface area (Å²) in [5.74, 6) is 0.453. The standard InChI is InChI=1S/C17H17Cl2NO/c18-10-11-20(13-14-6-2-1-3-7-14)17(21)12-15-8-4-5-9-16(15)19/h1-9H,10-13H2. The van der Waals surface area contributed by atoms with Crippen molar-refractivity contribution in [1.29, 1.82) is 0 Å². The summed E-state index contributed by atoms with van der Waals surface area (Å²) in [5, 5.41) is 0.622. The highest BCUT2D eigenvalue weighted by Gasteiger charge is 2.15. The molecule has 0 aliphatic rings. The second kappa shape index (κ2) is 8.06. The minimum Gasteiger partial charge on any atom is -0.337 e. The van der Waals surface area contributed by atoms with Crippen LogP contribution in [0.2, 0.25) is 5.02 Å². The van der Waals surface area contributed by atoms with Crippen LogP contribution < -0.4 is 0 Å². The molecule has 1 amide bonds. The molecule has 0 radical (unpaired) electrons. The van der Waals surface area contributed by atoms with Gasteiger partial charge in [0.1, 0.15) is 0 Å². The van der Waals surface area contributed by atoms with Crippen molar-refractivity contribution < 1.29 is 4.79 Å². The van der Waals surface area contributed by atoms with Crippen LogP contribution in [-0.4, -0.2) is 23.2 Å². The summed E-state index contributed by atoms with van der Waals surface area (Å²) in [6.07, 6.45) is 0.295. The van der Waals surface area contributed by atoms with Gasteiger partial charge in [-0.15, -0.1) is 11.6 Å². The van der Waals surface area contributed by atoms with E-state index in [9.17, 15) is 4.79 Å². The maximum atomic E-state index is 12.5. The fourth-order valence-electron chi connectivity index (χ4n) is 2.11. The lowest BCUT2D eigenvalue weighted by Crippen LogP contribution is -2.33. The van der Waals surface area contributed by atoms with Crippen LogP contribution in [0.5, 0.6) is 0 Å². The first-order valence-electron chi connectivity index (χ1n) is 6.82. The number of benzene rings is 2. The van der Waals surface area contributed by atoms with E-state index >= 15 is 0 Å². The van der Waals surface area contributed by atoms with Gasteiger partial charge in [0, 0.05) is 24.0 Å². The Hall–Kier alpha value is -1.51. The summed E-state index contributed by atoms with van der Waals surface area (Å²) in [4.78, 5) is 14.2. The lowest BCUT2D eigenvalue weighted by Gasteiger charge is -2.22. The Labute approximate surface area is 135 Å². The number of amides is 1. The average Bonchev–Trinajstić information content (AvgIpc) is 2.50. The van der Waals surface area contributed by atoms with Gasteiger partial charge in [-0.05, 0) is 17.2 Å². The van der Waals surface area contributed by atoms with Gasteiger partial charge in [-0.2, -0.15) is 0 Å². The molecule has 4 heteroatoms. The van der Waals surface area contributed by atoms with Crippen molar-refractivity contribution >= 4 is 29.1 Å². The molecule has 0 N–H and O–H groups in total. The molecule has 0 bridgehead atoms. The molecule has 0 atom stereocenters. The molecule has 0 aromatic heterocycles. The molecule has 110 valence electrons. The van der Waals surface area contributed by atoms with Crippen LogP contribution in [0.4, 0.5) is 0 Å². The second-order valence-electron chi connectivity index (χ2n) is 4.76. The number of carbonyl (C=O) groups excluding carboxylic acids is 1. The van der Waals surface area contributed by atoms with Crippen LogP contribution in [-0.2, 0) is 17.8 Å². The number of carbonyl (C=O) groups is 1. The first-order chi connectivity index (χ1) is 10.2. The van der Waals surface area contributed by atoms with E-state index in [1.807, 2.05) is 48.5 Å². The van der Waals surface area contributed by atoms with Crippen molar-refractivity contribution in [2.75, 3.05) is 12.4 Å². The second-order valence-corrected chi connectivity index (χ2v) is 5.54. The van der Waals surface area contributed by atoms with E-state index in [1.54, 1.807) is 11.0 Å². The summed E-state index contributed by atoms with van der Waals surface area (Å²) < 4.78 is 0. The molecule has 2 aromatic carbocycles. The molecule has 0 heterocycles. The van der Waals surface area contributed by atoms with Gasteiger partial charge in [0.05, 0.1) is 6.42 Å². The first-order valence-corrected chi connectivity index (χ1v) is 7.73. The monoisotopic (exact) mass is 321 g/mol. The molecule has 2 aromatic rings. The van der Waals surface area contributed by atoms with Gasteiger partial charge >= 0.3 is 0 Å². The van der Waals surface area contributed by atoms with Gasteiger partial charge in [0.25, 0.3) is 0 Å². The van der Waals surface area contributed by atoms with Crippen LogP contribution >= 0.6 is 23.2 Å². The summed E-state index contributed by atoms with van der Waals surface area (Å²) in [7, 11) is 0. The SMILES string of the molecule is O=C(Cc1ccccc1Cl)N(CCCl)Cc1ccccc1. The minimum absolute atomic E-state index is 0.0348. The summed E-state index contributed by atoms with van der Waals surface area (Å²) in [5.41, 5.74) is 1.94. The van der Waals surface area contributed by atoms with Crippen molar-refractivity contribution in [3.8, 4) is 0 Å². The Morgan fingerprint density at radius 3 is 2.33 bits per heavy atom. The number of rotatable bonds is 6. The van der Waals surface area contributed by atoms with Crippen LogP contribution in [0.15, 0.2) is 54.6 Å². The highest BCUT2D eigenvalue weighted by Crippen LogP contribution is 2.17. The van der Waals surface area contributed by atoms with Crippen LogP contribution in [0.3, 0.4) is 0 Å². The van der Waals surface area contributed by atoms with Gasteiger partial charge < -0.3 is 4.90 Å². The van der Waals surface area contributed by atoms with Crippen molar-refractivity contribution in [3.05, 3.63) is 70.7 Å². The van der Waals surface area contributed by atoms with Crippen molar-refractivity contribution in [2.24, 2.45) is 0 Å². The number of nitrogens with zero attached hydrogens (tertiary/aromatic N) is 1. The summed E-state index contributed by atoms with van der Waals surface area (Å²) in [6.45, 7) is 1.09. The average molecular weight is 322 g/mol. The van der Waals surface area contributed by atoms with E-state index in [0.717, 1.165) is 11.1 Å². The van der Waals surface area contributed by atoms with Gasteiger partial charge in [-0.3, -0.25) is 4.79 Å². The molecular weight excluding hydrogens is 305 g/mol. The first kappa shape index (κ1) is 15.9. The Morgan fingerprint density at radius 2 is 1.67 bits per heavy atom. The predicted octanol–water partition coefficient (Wildman–Crippen LogP) is 4.15. The highest BCUT2D eigenvalue weighted by molar-refractivity contribution is 6.31. The largest absolute Gasteiger partial charge is 0.337 e. The smallest absolute Gasteiger partial charge is 0.227 e. The third-order valence-corrected chi connectivity index (χ3v) is 3.76. The predicted molar refractivity (Wildman–Crippen MR) is 87.7 cm³/mol. The zero-order valence-corrected chi connectivity index (χ0v) is 13.1. The molecule has 0 unspecified atom stereocenters. The summed E-state index contributed by atoms with van der Waals surface area (Å²) >= 11 is 11.9. The number of halogens is 2. The molecule has 0 fully saturated rings. The molecule has 0 saturated carbocycles. The molecular formula is C17H17Cl2NO. The lowest BCUT2D eigenvalue weighted by atomic mass is 10.1. The Kier molecular flexibility index (Phi) is 6.09. The van der Waals surface area contributed by atoms with Crippen molar-refractivity contribution in [2.45, 2.75) is 13.0 Å². The third kappa shape index (κ3) is 4.76. The van der Waals surface area contributed by atoms with E-state index in [-0.39, 0.29) is 5.91 Å². The quantitative estimate of drug-likeness (QED) is 0.732. The molecule has 0 aliphatic heterocycles. The molecule has 0 spiro atoms. The zero-order valence-electron chi connectivity index (χ0n) is 11.6. The van der Waals surface area contributed by atoms with Gasteiger partial charge in [-0.1, -0.05) is 60.1 Å². The maximum absolute atomic E-state index is 12.5. The van der Waals surface area contributed by atoms with Gasteiger partial charge in [-0.25, -0.2) is 0 Å². The molecule has 0 saturated heterocycles. The third-order valence-electron chi connectivity index (χ3n) is 3.22. The fraction of sp³-hybridized carbons (Fsp3) is 0.235. The minimum atomic E-state index is 0.0348. The van der Waals surface area contributed by atoms with Gasteiger partial charge in [0.15, 0.2) is 0 Å². The molecule has 21 heavy (non-hydrogen) atoms. The van der Waals surface area contributed by atoms with E-state index < -0.39 is 0 Å². The highest BCUT2D eigenvalue weighted by atomic mass is 35.5. The number of alkyl halides is 1. The van der Waals surface area contributed by atoms with E-state index in [0.29, 0.717) is 30.4 Å². The molecule has 2 rings (SSSR count). The van der Waals surface area contributed by atoms with E-state index in [1.165, 1.54) is 0 Å². The molecule has 0 aliphatic carbocycles. The van der Waals surface area contributed by atoms with Gasteiger partial charge in [0.2, 0.25) is 5.91 Å². The topological polar surface area (TPSA) is 20.3 Å². The molecule has 2 nitrogen and oxygen atoms in total. The number of hydrogen-bond acceptors (Lipinski definition) is 1. The Bertz CT molecular complexity index is 586. The lowest BCUT2D eigenvalue weighted by molar-refractivity contribution is -0.130. The zero-order chi connectivity index (χ0) is 15.1. The van der Waals surface area contributed by atoms with Crippen molar-refractivity contribution in [3.63, 3.8) is 0 Å². The van der Waals surface area contributed by atoms with Crippen LogP contribution in [0.1, 0.15) is 11.1 Å². The normalized spacial score (nSPS) is 10.4. The number of hydrogen-bond donors (Lipinski definition) is 0. The van der Waals surface area contributed by atoms with E-state index in [4.69, 9.17) is 23.2 Å².